The zero-order chi connectivity index (χ0) is 14.7. The van der Waals surface area contributed by atoms with Gasteiger partial charge in [0.15, 0.2) is 0 Å². The van der Waals surface area contributed by atoms with Crippen LogP contribution in [0.2, 0.25) is 0 Å². The van der Waals surface area contributed by atoms with Gasteiger partial charge in [0, 0.05) is 6.04 Å². The van der Waals surface area contributed by atoms with Crippen LogP contribution >= 0.6 is 0 Å². The molecule has 1 aliphatic rings. The Hall–Kier alpha value is -1.69. The molecule has 1 aromatic rings. The van der Waals surface area contributed by atoms with Crippen LogP contribution in [0.5, 0.6) is 5.75 Å². The molecule has 2 atom stereocenters. The van der Waals surface area contributed by atoms with Crippen LogP contribution in [0.1, 0.15) is 31.4 Å². The molecular weight excluding hydrogens is 268 g/mol. The highest BCUT2D eigenvalue weighted by Crippen LogP contribution is 2.34. The molecule has 0 aliphatic heterocycles. The maximum atomic E-state index is 12.2. The second-order valence-corrected chi connectivity index (χ2v) is 4.99. The van der Waals surface area contributed by atoms with Gasteiger partial charge in [0.05, 0.1) is 0 Å². The summed E-state index contributed by atoms with van der Waals surface area (Å²) in [5.74, 6) is -0.640. The summed E-state index contributed by atoms with van der Waals surface area (Å²) in [4.78, 5) is 11.2. The van der Waals surface area contributed by atoms with Crippen LogP contribution in [-0.2, 0) is 4.79 Å². The second-order valence-electron chi connectivity index (χ2n) is 4.99. The predicted octanol–water partition coefficient (Wildman–Crippen LogP) is 2.80. The van der Waals surface area contributed by atoms with Gasteiger partial charge in [-0.2, -0.15) is 8.78 Å². The maximum Gasteiger partial charge on any atom is 0.387 e. The van der Waals surface area contributed by atoms with Crippen molar-refractivity contribution in [2.24, 2.45) is 5.92 Å². The van der Waals surface area contributed by atoms with E-state index in [0.29, 0.717) is 0 Å². The Morgan fingerprint density at radius 2 is 2.15 bits per heavy atom. The van der Waals surface area contributed by atoms with E-state index in [1.54, 1.807) is 19.1 Å². The average Bonchev–Trinajstić information content (AvgIpc) is 3.19. The molecule has 2 N–H and O–H groups in total. The Labute approximate surface area is 115 Å². The van der Waals surface area contributed by atoms with Crippen LogP contribution in [0, 0.1) is 5.92 Å². The van der Waals surface area contributed by atoms with Gasteiger partial charge in [-0.15, -0.1) is 0 Å². The van der Waals surface area contributed by atoms with Crippen molar-refractivity contribution in [3.05, 3.63) is 29.8 Å². The van der Waals surface area contributed by atoms with Gasteiger partial charge in [-0.05, 0) is 43.4 Å². The topological polar surface area (TPSA) is 58.6 Å². The minimum absolute atomic E-state index is 0.0736. The average molecular weight is 285 g/mol. The minimum Gasteiger partial charge on any atom is -0.480 e. The van der Waals surface area contributed by atoms with Crippen LogP contribution in [0.15, 0.2) is 24.3 Å². The van der Waals surface area contributed by atoms with Crippen molar-refractivity contribution in [3.63, 3.8) is 0 Å². The summed E-state index contributed by atoms with van der Waals surface area (Å²) in [5.41, 5.74) is 0.718. The fraction of sp³-hybridized carbons (Fsp3) is 0.500. The third-order valence-corrected chi connectivity index (χ3v) is 3.37. The van der Waals surface area contributed by atoms with Crippen molar-refractivity contribution in [1.82, 2.24) is 5.32 Å². The fourth-order valence-corrected chi connectivity index (χ4v) is 2.16. The number of carbonyl (C=O) groups is 1. The molecule has 0 saturated heterocycles. The lowest BCUT2D eigenvalue weighted by atomic mass is 10.1. The molecule has 110 valence electrons. The Morgan fingerprint density at radius 1 is 1.45 bits per heavy atom. The van der Waals surface area contributed by atoms with Crippen LogP contribution < -0.4 is 10.1 Å². The standard InChI is InChI=1S/C14H17F2NO3/c1-8(17-12(13(18)19)9-5-6-9)10-3-2-4-11(7-10)20-14(15)16/h2-4,7-9,12,14,17H,5-6H2,1H3,(H,18,19). The Balaban J connectivity index is 2.04. The van der Waals surface area contributed by atoms with Crippen molar-refractivity contribution in [1.29, 1.82) is 0 Å². The van der Waals surface area contributed by atoms with Crippen LogP contribution in [0.3, 0.4) is 0 Å². The summed E-state index contributed by atoms with van der Waals surface area (Å²) in [6.07, 6.45) is 1.82. The number of hydrogen-bond acceptors (Lipinski definition) is 3. The molecule has 1 aromatic carbocycles. The quantitative estimate of drug-likeness (QED) is 0.808. The van der Waals surface area contributed by atoms with Gasteiger partial charge >= 0.3 is 12.6 Å². The highest BCUT2D eigenvalue weighted by atomic mass is 19.3. The Bertz CT molecular complexity index is 477. The molecule has 1 fully saturated rings. The van der Waals surface area contributed by atoms with Gasteiger partial charge in [-0.3, -0.25) is 10.1 Å². The molecule has 2 unspecified atom stereocenters. The van der Waals surface area contributed by atoms with Crippen LogP contribution in [-0.4, -0.2) is 23.7 Å². The van der Waals surface area contributed by atoms with Gasteiger partial charge in [0.1, 0.15) is 11.8 Å². The number of nitrogens with one attached hydrogen (secondary N) is 1. The van der Waals surface area contributed by atoms with E-state index >= 15 is 0 Å². The number of benzene rings is 1. The molecule has 6 heteroatoms. The zero-order valence-electron chi connectivity index (χ0n) is 11.1. The molecule has 4 nitrogen and oxygen atoms in total. The number of halogens is 2. The molecule has 0 heterocycles. The molecule has 0 bridgehead atoms. The van der Waals surface area contributed by atoms with Crippen molar-refractivity contribution in [3.8, 4) is 5.75 Å². The number of alkyl halides is 2. The number of ether oxygens (including phenoxy) is 1. The maximum absolute atomic E-state index is 12.2. The lowest BCUT2D eigenvalue weighted by Crippen LogP contribution is -2.40. The first kappa shape index (κ1) is 14.7. The molecule has 0 spiro atoms. The second kappa shape index (κ2) is 6.17. The van der Waals surface area contributed by atoms with Gasteiger partial charge in [0.25, 0.3) is 0 Å². The number of aliphatic carboxylic acids is 1. The fourth-order valence-electron chi connectivity index (χ4n) is 2.16. The van der Waals surface area contributed by atoms with E-state index in [2.05, 4.69) is 10.1 Å². The highest BCUT2D eigenvalue weighted by molar-refractivity contribution is 5.74. The monoisotopic (exact) mass is 285 g/mol. The first-order chi connectivity index (χ1) is 9.47. The largest absolute Gasteiger partial charge is 0.480 e. The first-order valence-corrected chi connectivity index (χ1v) is 6.51. The SMILES string of the molecule is CC(NC(C(=O)O)C1CC1)c1cccc(OC(F)F)c1. The van der Waals surface area contributed by atoms with Crippen molar-refractivity contribution < 1.29 is 23.4 Å². The van der Waals surface area contributed by atoms with Gasteiger partial charge in [-0.1, -0.05) is 12.1 Å². The van der Waals surface area contributed by atoms with E-state index in [1.165, 1.54) is 12.1 Å². The molecule has 2 rings (SSSR count). The summed E-state index contributed by atoms with van der Waals surface area (Å²) in [5, 5.41) is 12.2. The van der Waals surface area contributed by atoms with E-state index in [9.17, 15) is 13.6 Å². The van der Waals surface area contributed by atoms with Gasteiger partial charge in [-0.25, -0.2) is 0 Å². The number of rotatable bonds is 7. The van der Waals surface area contributed by atoms with E-state index in [4.69, 9.17) is 5.11 Å². The molecule has 1 saturated carbocycles. The van der Waals surface area contributed by atoms with Crippen molar-refractivity contribution in [2.75, 3.05) is 0 Å². The third kappa shape index (κ3) is 3.90. The van der Waals surface area contributed by atoms with E-state index in [-0.39, 0.29) is 17.7 Å². The summed E-state index contributed by atoms with van der Waals surface area (Å²) < 4.78 is 28.7. The van der Waals surface area contributed by atoms with E-state index in [1.807, 2.05) is 0 Å². The van der Waals surface area contributed by atoms with Gasteiger partial charge in [0.2, 0.25) is 0 Å². The normalized spacial score (nSPS) is 17.8. The molecule has 1 aliphatic carbocycles. The molecule has 0 amide bonds. The Kier molecular flexibility index (Phi) is 4.54. The highest BCUT2D eigenvalue weighted by Gasteiger charge is 2.36. The number of hydrogen-bond donors (Lipinski definition) is 2. The smallest absolute Gasteiger partial charge is 0.387 e. The van der Waals surface area contributed by atoms with E-state index < -0.39 is 18.6 Å². The summed E-state index contributed by atoms with van der Waals surface area (Å²) in [6.45, 7) is -1.06. The number of carboxylic acid groups (broad SMARTS) is 1. The zero-order valence-corrected chi connectivity index (χ0v) is 11.1. The lowest BCUT2D eigenvalue weighted by Gasteiger charge is -2.20. The molecule has 0 radical (unpaired) electrons. The summed E-state index contributed by atoms with van der Waals surface area (Å²) in [6, 6.07) is 5.45. The minimum atomic E-state index is -2.87. The first-order valence-electron chi connectivity index (χ1n) is 6.51. The molecular formula is C14H17F2NO3. The van der Waals surface area contributed by atoms with Crippen molar-refractivity contribution >= 4 is 5.97 Å². The molecule has 0 aromatic heterocycles. The van der Waals surface area contributed by atoms with E-state index in [0.717, 1.165) is 18.4 Å². The predicted molar refractivity (Wildman–Crippen MR) is 68.8 cm³/mol. The van der Waals surface area contributed by atoms with Crippen molar-refractivity contribution in [2.45, 2.75) is 38.5 Å². The number of carboxylic acids is 1. The molecule has 20 heavy (non-hydrogen) atoms. The Morgan fingerprint density at radius 3 is 2.70 bits per heavy atom. The third-order valence-electron chi connectivity index (χ3n) is 3.37. The summed E-state index contributed by atoms with van der Waals surface area (Å²) >= 11 is 0. The van der Waals surface area contributed by atoms with Crippen LogP contribution in [0.25, 0.3) is 0 Å². The van der Waals surface area contributed by atoms with Crippen LogP contribution in [0.4, 0.5) is 8.78 Å². The summed E-state index contributed by atoms with van der Waals surface area (Å²) in [7, 11) is 0. The lowest BCUT2D eigenvalue weighted by molar-refractivity contribution is -0.140. The van der Waals surface area contributed by atoms with Gasteiger partial charge < -0.3 is 9.84 Å².